The Balaban J connectivity index is 2.07. The number of rotatable bonds is 6. The first-order chi connectivity index (χ1) is 8.67. The predicted octanol–water partition coefficient (Wildman–Crippen LogP) is 1.26. The second-order valence-corrected chi connectivity index (χ2v) is 5.32. The number of aromatic nitrogens is 4. The normalized spacial score (nSPS) is 20.2. The highest BCUT2D eigenvalue weighted by molar-refractivity contribution is 4.97. The number of nitrogens with zero attached hydrogens (tertiary/aromatic N) is 4. The van der Waals surface area contributed by atoms with Crippen molar-refractivity contribution in [3.63, 3.8) is 0 Å². The fourth-order valence-electron chi connectivity index (χ4n) is 2.67. The van der Waals surface area contributed by atoms with E-state index in [0.717, 1.165) is 25.2 Å². The largest absolute Gasteiger partial charge is 0.383 e. The molecule has 0 aliphatic heterocycles. The van der Waals surface area contributed by atoms with Crippen molar-refractivity contribution in [2.45, 2.75) is 51.1 Å². The Kier molecular flexibility index (Phi) is 4.29. The number of tetrazole rings is 1. The van der Waals surface area contributed by atoms with Crippen LogP contribution in [0.15, 0.2) is 0 Å². The zero-order valence-corrected chi connectivity index (χ0v) is 11.5. The second kappa shape index (κ2) is 5.75. The van der Waals surface area contributed by atoms with Crippen LogP contribution in [-0.4, -0.2) is 40.5 Å². The third-order valence-corrected chi connectivity index (χ3v) is 3.83. The minimum atomic E-state index is 0.0933. The third-order valence-electron chi connectivity index (χ3n) is 3.83. The zero-order valence-electron chi connectivity index (χ0n) is 11.5. The lowest BCUT2D eigenvalue weighted by Gasteiger charge is -2.26. The van der Waals surface area contributed by atoms with E-state index in [9.17, 15) is 0 Å². The van der Waals surface area contributed by atoms with Crippen molar-refractivity contribution in [2.24, 2.45) is 0 Å². The van der Waals surface area contributed by atoms with Crippen LogP contribution in [0.4, 0.5) is 0 Å². The highest BCUT2D eigenvalue weighted by Crippen LogP contribution is 2.36. The van der Waals surface area contributed by atoms with Gasteiger partial charge in [0, 0.05) is 13.7 Å². The molecule has 2 rings (SSSR count). The van der Waals surface area contributed by atoms with Gasteiger partial charge in [-0.2, -0.15) is 0 Å². The molecule has 1 aromatic rings. The van der Waals surface area contributed by atoms with Gasteiger partial charge in [-0.15, -0.1) is 5.10 Å². The molecule has 0 aromatic carbocycles. The predicted molar refractivity (Wildman–Crippen MR) is 68.2 cm³/mol. The van der Waals surface area contributed by atoms with Crippen molar-refractivity contribution in [3.05, 3.63) is 5.82 Å². The molecule has 6 nitrogen and oxygen atoms in total. The summed E-state index contributed by atoms with van der Waals surface area (Å²) in [6.07, 6.45) is 4.86. The van der Waals surface area contributed by atoms with Crippen LogP contribution in [0.5, 0.6) is 0 Å². The van der Waals surface area contributed by atoms with Crippen LogP contribution in [0.2, 0.25) is 0 Å². The van der Waals surface area contributed by atoms with E-state index < -0.39 is 0 Å². The van der Waals surface area contributed by atoms with E-state index in [1.54, 1.807) is 7.11 Å². The molecule has 0 amide bonds. The van der Waals surface area contributed by atoms with Gasteiger partial charge in [-0.1, -0.05) is 12.8 Å². The van der Waals surface area contributed by atoms with Crippen LogP contribution in [0.3, 0.4) is 0 Å². The summed E-state index contributed by atoms with van der Waals surface area (Å²) in [6.45, 7) is 5.85. The summed E-state index contributed by atoms with van der Waals surface area (Å²) >= 11 is 0. The summed E-state index contributed by atoms with van der Waals surface area (Å²) < 4.78 is 7.06. The number of hydrogen-bond acceptors (Lipinski definition) is 5. The number of nitrogens with one attached hydrogen (secondary N) is 1. The molecule has 0 saturated heterocycles. The lowest BCUT2D eigenvalue weighted by molar-refractivity contribution is 0.194. The fourth-order valence-corrected chi connectivity index (χ4v) is 2.67. The van der Waals surface area contributed by atoms with Gasteiger partial charge >= 0.3 is 0 Å². The van der Waals surface area contributed by atoms with Gasteiger partial charge in [-0.25, -0.2) is 4.68 Å². The molecule has 1 atom stereocenters. The smallest absolute Gasteiger partial charge is 0.168 e. The van der Waals surface area contributed by atoms with E-state index >= 15 is 0 Å². The Hall–Kier alpha value is -1.01. The maximum atomic E-state index is 5.04. The summed E-state index contributed by atoms with van der Waals surface area (Å²) in [6, 6.07) is 0.146. The maximum Gasteiger partial charge on any atom is 0.168 e. The highest BCUT2D eigenvalue weighted by atomic mass is 16.5. The highest BCUT2D eigenvalue weighted by Gasteiger charge is 2.34. The molecule has 1 aliphatic rings. The van der Waals surface area contributed by atoms with Crippen molar-refractivity contribution >= 4 is 0 Å². The van der Waals surface area contributed by atoms with Crippen molar-refractivity contribution in [1.82, 2.24) is 25.5 Å². The van der Waals surface area contributed by atoms with E-state index in [1.807, 2.05) is 4.68 Å². The molecule has 0 bridgehead atoms. The van der Waals surface area contributed by atoms with E-state index in [2.05, 4.69) is 34.7 Å². The summed E-state index contributed by atoms with van der Waals surface area (Å²) in [5.74, 6) is 0.926. The summed E-state index contributed by atoms with van der Waals surface area (Å²) in [4.78, 5) is 0. The Morgan fingerprint density at radius 1 is 1.44 bits per heavy atom. The molecule has 1 aromatic heterocycles. The van der Waals surface area contributed by atoms with Crippen LogP contribution in [0, 0.1) is 0 Å². The average Bonchev–Trinajstić information content (AvgIpc) is 2.98. The first-order valence-electron chi connectivity index (χ1n) is 6.68. The molecule has 6 heteroatoms. The van der Waals surface area contributed by atoms with Gasteiger partial charge in [-0.3, -0.25) is 0 Å². The van der Waals surface area contributed by atoms with Gasteiger partial charge in [0.05, 0.1) is 18.2 Å². The molecule has 1 unspecified atom stereocenters. The molecule has 1 saturated carbocycles. The molecule has 0 spiro atoms. The topological polar surface area (TPSA) is 64.9 Å². The number of ether oxygens (including phenoxy) is 1. The molecule has 1 fully saturated rings. The molecule has 1 aliphatic carbocycles. The molecular formula is C12H23N5O. The van der Waals surface area contributed by atoms with Gasteiger partial charge in [-0.05, 0) is 37.1 Å². The lowest BCUT2D eigenvalue weighted by atomic mass is 10.0. The average molecular weight is 253 g/mol. The molecule has 1 heterocycles. The van der Waals surface area contributed by atoms with Crippen molar-refractivity contribution in [3.8, 4) is 0 Å². The zero-order chi connectivity index (χ0) is 13.0. The summed E-state index contributed by atoms with van der Waals surface area (Å²) in [5, 5.41) is 15.6. The third kappa shape index (κ3) is 2.70. The lowest BCUT2D eigenvalue weighted by Crippen LogP contribution is -2.33. The quantitative estimate of drug-likeness (QED) is 0.773. The first-order valence-corrected chi connectivity index (χ1v) is 6.68. The van der Waals surface area contributed by atoms with Crippen LogP contribution in [-0.2, 0) is 10.3 Å². The monoisotopic (exact) mass is 253 g/mol. The molecule has 0 radical (unpaired) electrons. The summed E-state index contributed by atoms with van der Waals surface area (Å²) in [5.41, 5.74) is 0.0933. The molecule has 102 valence electrons. The van der Waals surface area contributed by atoms with E-state index in [-0.39, 0.29) is 11.6 Å². The van der Waals surface area contributed by atoms with Gasteiger partial charge in [0.25, 0.3) is 0 Å². The van der Waals surface area contributed by atoms with Crippen molar-refractivity contribution in [2.75, 3.05) is 20.3 Å². The Morgan fingerprint density at radius 3 is 2.83 bits per heavy atom. The van der Waals surface area contributed by atoms with Gasteiger partial charge in [0.1, 0.15) is 0 Å². The number of hydrogen-bond donors (Lipinski definition) is 1. The molecule has 18 heavy (non-hydrogen) atoms. The first kappa shape index (κ1) is 13.4. The number of methoxy groups -OCH3 is 1. The molecule has 1 N–H and O–H groups in total. The SMILES string of the molecule is COCCNC(C)c1nnnn1C1(C)CCCC1. The van der Waals surface area contributed by atoms with Crippen molar-refractivity contribution < 1.29 is 4.74 Å². The van der Waals surface area contributed by atoms with Crippen molar-refractivity contribution in [1.29, 1.82) is 0 Å². The van der Waals surface area contributed by atoms with Crippen LogP contribution >= 0.6 is 0 Å². The van der Waals surface area contributed by atoms with Crippen LogP contribution in [0.1, 0.15) is 51.4 Å². The summed E-state index contributed by atoms with van der Waals surface area (Å²) in [7, 11) is 1.70. The van der Waals surface area contributed by atoms with Crippen LogP contribution < -0.4 is 5.32 Å². The van der Waals surface area contributed by atoms with Gasteiger partial charge in [0.15, 0.2) is 5.82 Å². The fraction of sp³-hybridized carbons (Fsp3) is 0.917. The van der Waals surface area contributed by atoms with E-state index in [4.69, 9.17) is 4.74 Å². The molecular weight excluding hydrogens is 230 g/mol. The van der Waals surface area contributed by atoms with E-state index in [1.165, 1.54) is 12.8 Å². The van der Waals surface area contributed by atoms with Gasteiger partial charge in [0.2, 0.25) is 0 Å². The van der Waals surface area contributed by atoms with Gasteiger partial charge < -0.3 is 10.1 Å². The van der Waals surface area contributed by atoms with Crippen LogP contribution in [0.25, 0.3) is 0 Å². The Labute approximate surface area is 108 Å². The van der Waals surface area contributed by atoms with E-state index in [0.29, 0.717) is 6.61 Å². The minimum Gasteiger partial charge on any atom is -0.383 e. The second-order valence-electron chi connectivity index (χ2n) is 5.32. The maximum absolute atomic E-state index is 5.04. The Morgan fingerprint density at radius 2 is 2.17 bits per heavy atom. The minimum absolute atomic E-state index is 0.0933. The Bertz CT molecular complexity index is 372. The standard InChI is InChI=1S/C12H23N5O/c1-10(13-8-9-18-3)11-14-15-16-17(11)12(2)6-4-5-7-12/h10,13H,4-9H2,1-3H3.